The maximum Gasteiger partial charge on any atom is 0.417 e. The Morgan fingerprint density at radius 3 is 2.32 bits per heavy atom. The Morgan fingerprint density at radius 2 is 1.71 bits per heavy atom. The van der Waals surface area contributed by atoms with E-state index in [0.717, 1.165) is 5.39 Å². The molecule has 0 aliphatic carbocycles. The number of nitrogens with one attached hydrogen (secondary N) is 1. The molecular weight excluding hydrogens is 438 g/mol. The summed E-state index contributed by atoms with van der Waals surface area (Å²) < 4.78 is 55.9. The van der Waals surface area contributed by atoms with Crippen LogP contribution in [0.2, 0.25) is 0 Å². The van der Waals surface area contributed by atoms with Gasteiger partial charge >= 0.3 is 6.18 Å². The maximum absolute atomic E-state index is 13.9. The minimum absolute atomic E-state index is 0.260. The lowest BCUT2D eigenvalue weighted by molar-refractivity contribution is -0.266. The molecule has 0 amide bonds. The zero-order chi connectivity index (χ0) is 20.7. The van der Waals surface area contributed by atoms with Gasteiger partial charge in [-0.25, -0.2) is 4.39 Å². The predicted octanol–water partition coefficient (Wildman–Crippen LogP) is 6.27. The fourth-order valence-electron chi connectivity index (χ4n) is 3.58. The van der Waals surface area contributed by atoms with Crippen LogP contribution >= 0.6 is 15.9 Å². The first-order valence-electron chi connectivity index (χ1n) is 8.73. The van der Waals surface area contributed by atoms with Crippen LogP contribution in [-0.2, 0) is 11.8 Å². The molecule has 0 radical (unpaired) electrons. The SMILES string of the molecule is CC(C)(CC(O)(Cc1[nH]c2ccccc2c1Br)C(F)(F)F)c1cccc(F)c1. The molecule has 1 unspecified atom stereocenters. The molecule has 2 N–H and O–H groups in total. The zero-order valence-electron chi connectivity index (χ0n) is 15.4. The van der Waals surface area contributed by atoms with Crippen molar-refractivity contribution in [2.75, 3.05) is 0 Å². The lowest BCUT2D eigenvalue weighted by Gasteiger charge is -2.38. The smallest absolute Gasteiger partial charge is 0.380 e. The molecule has 0 saturated heterocycles. The van der Waals surface area contributed by atoms with Crippen molar-refractivity contribution in [3.05, 3.63) is 70.1 Å². The molecule has 3 rings (SSSR count). The number of aromatic amines is 1. The quantitative estimate of drug-likeness (QED) is 0.435. The second-order valence-electron chi connectivity index (χ2n) is 7.74. The van der Waals surface area contributed by atoms with Crippen LogP contribution in [0.3, 0.4) is 0 Å². The fourth-order valence-corrected chi connectivity index (χ4v) is 4.17. The van der Waals surface area contributed by atoms with Crippen molar-refractivity contribution >= 4 is 26.8 Å². The Kier molecular flexibility index (Phi) is 5.36. The van der Waals surface area contributed by atoms with Crippen molar-refractivity contribution in [3.8, 4) is 0 Å². The van der Waals surface area contributed by atoms with Crippen molar-refractivity contribution in [2.45, 2.75) is 43.9 Å². The molecule has 2 nitrogen and oxygen atoms in total. The first-order chi connectivity index (χ1) is 12.9. The minimum Gasteiger partial charge on any atom is -0.380 e. The van der Waals surface area contributed by atoms with Gasteiger partial charge in [0.1, 0.15) is 5.82 Å². The van der Waals surface area contributed by atoms with Crippen LogP contribution in [0.5, 0.6) is 0 Å². The summed E-state index contributed by atoms with van der Waals surface area (Å²) in [5.74, 6) is -0.528. The van der Waals surface area contributed by atoms with Crippen LogP contribution in [0.1, 0.15) is 31.5 Å². The zero-order valence-corrected chi connectivity index (χ0v) is 17.0. The number of H-pyrrole nitrogens is 1. The molecule has 0 saturated carbocycles. The van der Waals surface area contributed by atoms with E-state index in [9.17, 15) is 22.7 Å². The van der Waals surface area contributed by atoms with Gasteiger partial charge in [-0.2, -0.15) is 13.2 Å². The van der Waals surface area contributed by atoms with E-state index >= 15 is 0 Å². The molecule has 1 atom stereocenters. The third-order valence-electron chi connectivity index (χ3n) is 5.05. The first kappa shape index (κ1) is 20.9. The summed E-state index contributed by atoms with van der Waals surface area (Å²) in [6.45, 7) is 3.14. The van der Waals surface area contributed by atoms with E-state index in [2.05, 4.69) is 20.9 Å². The van der Waals surface area contributed by atoms with E-state index in [1.807, 2.05) is 0 Å². The molecule has 2 aromatic carbocycles. The molecule has 0 spiro atoms. The number of para-hydroxylation sites is 1. The summed E-state index contributed by atoms with van der Waals surface area (Å²) in [4.78, 5) is 2.96. The number of hydrogen-bond donors (Lipinski definition) is 2. The average Bonchev–Trinajstić information content (AvgIpc) is 2.89. The van der Waals surface area contributed by atoms with Crippen molar-refractivity contribution in [1.29, 1.82) is 0 Å². The third kappa shape index (κ3) is 3.96. The van der Waals surface area contributed by atoms with Gasteiger partial charge in [-0.3, -0.25) is 0 Å². The monoisotopic (exact) mass is 457 g/mol. The molecule has 1 heterocycles. The summed E-state index contributed by atoms with van der Waals surface area (Å²) in [6, 6.07) is 12.6. The van der Waals surface area contributed by atoms with Gasteiger partial charge in [0, 0.05) is 27.5 Å². The van der Waals surface area contributed by atoms with Crippen molar-refractivity contribution < 1.29 is 22.7 Å². The number of aromatic nitrogens is 1. The summed E-state index contributed by atoms with van der Waals surface area (Å²) in [7, 11) is 0. The number of rotatable bonds is 5. The number of aliphatic hydroxyl groups is 1. The highest BCUT2D eigenvalue weighted by Gasteiger charge is 2.56. The van der Waals surface area contributed by atoms with E-state index in [0.29, 0.717) is 15.6 Å². The number of alkyl halides is 3. The van der Waals surface area contributed by atoms with Crippen molar-refractivity contribution in [2.24, 2.45) is 0 Å². The highest BCUT2D eigenvalue weighted by Crippen LogP contribution is 2.44. The van der Waals surface area contributed by atoms with Crippen LogP contribution < -0.4 is 0 Å². The van der Waals surface area contributed by atoms with Gasteiger partial charge in [0.25, 0.3) is 0 Å². The van der Waals surface area contributed by atoms with Crippen LogP contribution in [0.4, 0.5) is 17.6 Å². The Balaban J connectivity index is 1.99. The summed E-state index contributed by atoms with van der Waals surface area (Å²) in [5.41, 5.74) is -2.77. The lowest BCUT2D eigenvalue weighted by Crippen LogP contribution is -2.51. The van der Waals surface area contributed by atoms with Gasteiger partial charge in [0.15, 0.2) is 5.60 Å². The van der Waals surface area contributed by atoms with Crippen LogP contribution in [0.15, 0.2) is 53.0 Å². The number of benzene rings is 2. The molecule has 3 aromatic rings. The second-order valence-corrected chi connectivity index (χ2v) is 8.53. The molecule has 0 aliphatic rings. The predicted molar refractivity (Wildman–Crippen MR) is 105 cm³/mol. The summed E-state index contributed by atoms with van der Waals surface area (Å²) in [5, 5.41) is 11.5. The van der Waals surface area contributed by atoms with Crippen molar-refractivity contribution in [3.63, 3.8) is 0 Å². The first-order valence-corrected chi connectivity index (χ1v) is 9.52. The molecular formula is C21H20BrF4NO. The van der Waals surface area contributed by atoms with E-state index in [1.165, 1.54) is 18.2 Å². The van der Waals surface area contributed by atoms with Crippen LogP contribution in [0.25, 0.3) is 10.9 Å². The molecule has 150 valence electrons. The largest absolute Gasteiger partial charge is 0.417 e. The van der Waals surface area contributed by atoms with Gasteiger partial charge in [0.2, 0.25) is 0 Å². The molecule has 0 fully saturated rings. The summed E-state index contributed by atoms with van der Waals surface area (Å²) in [6.07, 6.45) is -6.13. The number of hydrogen-bond acceptors (Lipinski definition) is 1. The Hall–Kier alpha value is -1.86. The molecule has 0 aliphatic heterocycles. The van der Waals surface area contributed by atoms with E-state index < -0.39 is 35.9 Å². The van der Waals surface area contributed by atoms with Crippen molar-refractivity contribution in [1.82, 2.24) is 4.98 Å². The Bertz CT molecular complexity index is 995. The molecule has 28 heavy (non-hydrogen) atoms. The fraction of sp³-hybridized carbons (Fsp3) is 0.333. The van der Waals surface area contributed by atoms with Gasteiger partial charge < -0.3 is 10.1 Å². The standard InChI is InChI=1S/C21H20BrF4NO/c1-19(2,13-6-5-7-14(23)10-13)12-20(28,21(24,25)26)11-17-18(22)15-8-3-4-9-16(15)27-17/h3-10,27-28H,11-12H2,1-2H3. The van der Waals surface area contributed by atoms with Gasteiger partial charge in [0.05, 0.1) is 0 Å². The minimum atomic E-state index is -4.87. The van der Waals surface area contributed by atoms with Crippen LogP contribution in [0, 0.1) is 5.82 Å². The maximum atomic E-state index is 13.9. The van der Waals surface area contributed by atoms with Gasteiger partial charge in [-0.15, -0.1) is 0 Å². The normalized spacial score (nSPS) is 15.0. The molecule has 1 aromatic heterocycles. The topological polar surface area (TPSA) is 36.0 Å². The van der Waals surface area contributed by atoms with Gasteiger partial charge in [-0.1, -0.05) is 44.2 Å². The van der Waals surface area contributed by atoms with E-state index in [-0.39, 0.29) is 5.69 Å². The second kappa shape index (κ2) is 7.19. The molecule has 7 heteroatoms. The highest BCUT2D eigenvalue weighted by molar-refractivity contribution is 9.10. The van der Waals surface area contributed by atoms with E-state index in [1.54, 1.807) is 44.2 Å². The highest BCUT2D eigenvalue weighted by atomic mass is 79.9. The Morgan fingerprint density at radius 1 is 1.04 bits per heavy atom. The Labute approximate surface area is 168 Å². The van der Waals surface area contributed by atoms with E-state index in [4.69, 9.17) is 0 Å². The third-order valence-corrected chi connectivity index (χ3v) is 5.96. The number of fused-ring (bicyclic) bond motifs is 1. The lowest BCUT2D eigenvalue weighted by atomic mass is 9.73. The average molecular weight is 458 g/mol. The van der Waals surface area contributed by atoms with Crippen LogP contribution in [-0.4, -0.2) is 21.9 Å². The number of halogens is 5. The van der Waals surface area contributed by atoms with Gasteiger partial charge in [-0.05, 0) is 51.5 Å². The molecule has 0 bridgehead atoms. The summed E-state index contributed by atoms with van der Waals surface area (Å²) >= 11 is 3.35.